The number of phenols is 1. The number of rotatable bonds is 2. The minimum Gasteiger partial charge on any atom is -0.508 e. The third-order valence-electron chi connectivity index (χ3n) is 1.76. The number of nitro benzene ring substituents is 1. The highest BCUT2D eigenvalue weighted by molar-refractivity contribution is 5.85. The second-order valence-electron chi connectivity index (χ2n) is 4.62. The third kappa shape index (κ3) is 4.28. The number of anilines is 1. The van der Waals surface area contributed by atoms with E-state index in [9.17, 15) is 20.0 Å². The first-order valence-electron chi connectivity index (χ1n) is 5.16. The molecule has 0 unspecified atom stereocenters. The molecular weight excluding hydrogens is 240 g/mol. The van der Waals surface area contributed by atoms with Crippen molar-refractivity contribution in [3.8, 4) is 5.75 Å². The quantitative estimate of drug-likeness (QED) is 0.624. The third-order valence-corrected chi connectivity index (χ3v) is 1.76. The minimum absolute atomic E-state index is 0.0935. The largest absolute Gasteiger partial charge is 0.508 e. The van der Waals surface area contributed by atoms with Crippen LogP contribution in [0, 0.1) is 10.1 Å². The van der Waals surface area contributed by atoms with Crippen LogP contribution in [0.1, 0.15) is 20.8 Å². The van der Waals surface area contributed by atoms with E-state index in [4.69, 9.17) is 4.74 Å². The zero-order valence-corrected chi connectivity index (χ0v) is 10.3. The zero-order chi connectivity index (χ0) is 13.9. The molecule has 0 radical (unpaired) electrons. The fraction of sp³-hybridized carbons (Fsp3) is 0.364. The lowest BCUT2D eigenvalue weighted by Gasteiger charge is -2.19. The molecule has 1 amide bonds. The fourth-order valence-electron chi connectivity index (χ4n) is 1.19. The molecule has 1 aromatic rings. The standard InChI is InChI=1S/C11H14N2O5/c1-11(2,3)18-10(15)12-7-4-8(13(16)17)6-9(14)5-7/h4-6,14H,1-3H3,(H,12,15). The lowest BCUT2D eigenvalue weighted by Crippen LogP contribution is -2.27. The van der Waals surface area contributed by atoms with Crippen molar-refractivity contribution in [2.45, 2.75) is 26.4 Å². The molecule has 0 heterocycles. The molecule has 18 heavy (non-hydrogen) atoms. The van der Waals surface area contributed by atoms with Gasteiger partial charge in [-0.05, 0) is 20.8 Å². The van der Waals surface area contributed by atoms with Gasteiger partial charge in [0.2, 0.25) is 0 Å². The Morgan fingerprint density at radius 3 is 2.50 bits per heavy atom. The van der Waals surface area contributed by atoms with Gasteiger partial charge in [0, 0.05) is 12.1 Å². The van der Waals surface area contributed by atoms with Crippen molar-refractivity contribution in [1.82, 2.24) is 0 Å². The number of aromatic hydroxyl groups is 1. The van der Waals surface area contributed by atoms with Crippen LogP contribution >= 0.6 is 0 Å². The van der Waals surface area contributed by atoms with E-state index in [0.29, 0.717) is 0 Å². The van der Waals surface area contributed by atoms with E-state index >= 15 is 0 Å². The number of ether oxygens (including phenoxy) is 1. The number of non-ortho nitro benzene ring substituents is 1. The summed E-state index contributed by atoms with van der Waals surface area (Å²) < 4.78 is 4.98. The van der Waals surface area contributed by atoms with E-state index in [2.05, 4.69) is 5.32 Å². The Balaban J connectivity index is 2.85. The number of amides is 1. The molecule has 0 spiro atoms. The number of nitrogens with one attached hydrogen (secondary N) is 1. The molecule has 0 saturated carbocycles. The summed E-state index contributed by atoms with van der Waals surface area (Å²) >= 11 is 0. The Hall–Kier alpha value is -2.31. The van der Waals surface area contributed by atoms with Gasteiger partial charge in [-0.15, -0.1) is 0 Å². The van der Waals surface area contributed by atoms with Crippen LogP contribution in [-0.2, 0) is 4.74 Å². The number of carbonyl (C=O) groups excluding carboxylic acids is 1. The van der Waals surface area contributed by atoms with E-state index in [-0.39, 0.29) is 17.1 Å². The van der Waals surface area contributed by atoms with E-state index in [1.54, 1.807) is 20.8 Å². The molecule has 98 valence electrons. The second kappa shape index (κ2) is 4.91. The molecule has 0 bridgehead atoms. The molecule has 0 saturated heterocycles. The van der Waals surface area contributed by atoms with Gasteiger partial charge in [0.1, 0.15) is 11.4 Å². The molecule has 0 fully saturated rings. The van der Waals surface area contributed by atoms with Gasteiger partial charge < -0.3 is 9.84 Å². The summed E-state index contributed by atoms with van der Waals surface area (Å²) in [6, 6.07) is 3.31. The van der Waals surface area contributed by atoms with Crippen molar-refractivity contribution in [1.29, 1.82) is 0 Å². The van der Waals surface area contributed by atoms with Crippen LogP contribution in [0.25, 0.3) is 0 Å². The van der Waals surface area contributed by atoms with Gasteiger partial charge in [0.25, 0.3) is 5.69 Å². The maximum atomic E-state index is 11.4. The van der Waals surface area contributed by atoms with Gasteiger partial charge in [0.15, 0.2) is 0 Å². The Morgan fingerprint density at radius 1 is 1.39 bits per heavy atom. The van der Waals surface area contributed by atoms with Gasteiger partial charge in [0.05, 0.1) is 16.7 Å². The van der Waals surface area contributed by atoms with E-state index in [1.165, 1.54) is 6.07 Å². The summed E-state index contributed by atoms with van der Waals surface area (Å²) in [5, 5.41) is 22.2. The smallest absolute Gasteiger partial charge is 0.412 e. The Labute approximate surface area is 104 Å². The van der Waals surface area contributed by atoms with Gasteiger partial charge >= 0.3 is 6.09 Å². The Kier molecular flexibility index (Phi) is 3.75. The number of benzene rings is 1. The van der Waals surface area contributed by atoms with Gasteiger partial charge in [-0.3, -0.25) is 15.4 Å². The van der Waals surface area contributed by atoms with Crippen LogP contribution in [-0.4, -0.2) is 21.7 Å². The molecule has 0 aliphatic rings. The van der Waals surface area contributed by atoms with Gasteiger partial charge in [-0.2, -0.15) is 0 Å². The minimum atomic E-state index is -0.748. The molecule has 7 nitrogen and oxygen atoms in total. The van der Waals surface area contributed by atoms with Crippen molar-refractivity contribution >= 4 is 17.5 Å². The molecule has 1 aromatic carbocycles. The highest BCUT2D eigenvalue weighted by Gasteiger charge is 2.17. The van der Waals surface area contributed by atoms with Crippen molar-refractivity contribution in [3.05, 3.63) is 28.3 Å². The highest BCUT2D eigenvalue weighted by atomic mass is 16.6. The van der Waals surface area contributed by atoms with E-state index in [0.717, 1.165) is 12.1 Å². The summed E-state index contributed by atoms with van der Waals surface area (Å²) in [7, 11) is 0. The first kappa shape index (κ1) is 13.8. The molecule has 0 atom stereocenters. The number of phenolic OH excluding ortho intramolecular Hbond substituents is 1. The fourth-order valence-corrected chi connectivity index (χ4v) is 1.19. The maximum Gasteiger partial charge on any atom is 0.412 e. The molecule has 0 aliphatic carbocycles. The molecule has 7 heteroatoms. The maximum absolute atomic E-state index is 11.4. The van der Waals surface area contributed by atoms with Gasteiger partial charge in [-0.1, -0.05) is 0 Å². The van der Waals surface area contributed by atoms with Crippen molar-refractivity contribution < 1.29 is 19.6 Å². The number of hydrogen-bond donors (Lipinski definition) is 2. The lowest BCUT2D eigenvalue weighted by molar-refractivity contribution is -0.384. The average molecular weight is 254 g/mol. The number of hydrogen-bond acceptors (Lipinski definition) is 5. The first-order chi connectivity index (χ1) is 8.17. The molecular formula is C11H14N2O5. The molecule has 1 rings (SSSR count). The molecule has 0 aliphatic heterocycles. The summed E-state index contributed by atoms with van der Waals surface area (Å²) in [4.78, 5) is 21.3. The normalized spacial score (nSPS) is 10.8. The average Bonchev–Trinajstić information content (AvgIpc) is 2.12. The topological polar surface area (TPSA) is 102 Å². The van der Waals surface area contributed by atoms with Crippen LogP contribution in [0.5, 0.6) is 5.75 Å². The summed E-state index contributed by atoms with van der Waals surface area (Å²) in [6.45, 7) is 5.08. The van der Waals surface area contributed by atoms with Crippen LogP contribution < -0.4 is 5.32 Å². The Morgan fingerprint density at radius 2 is 2.00 bits per heavy atom. The lowest BCUT2D eigenvalue weighted by atomic mass is 10.2. The SMILES string of the molecule is CC(C)(C)OC(=O)Nc1cc(O)cc([N+](=O)[O-])c1. The van der Waals surface area contributed by atoms with Gasteiger partial charge in [-0.25, -0.2) is 4.79 Å². The Bertz CT molecular complexity index is 479. The summed E-state index contributed by atoms with van der Waals surface area (Å²) in [5.41, 5.74) is -0.899. The van der Waals surface area contributed by atoms with Crippen molar-refractivity contribution in [2.75, 3.05) is 5.32 Å². The first-order valence-corrected chi connectivity index (χ1v) is 5.16. The van der Waals surface area contributed by atoms with Crippen LogP contribution in [0.4, 0.5) is 16.2 Å². The van der Waals surface area contributed by atoms with Crippen molar-refractivity contribution in [3.63, 3.8) is 0 Å². The highest BCUT2D eigenvalue weighted by Crippen LogP contribution is 2.25. The number of nitro groups is 1. The van der Waals surface area contributed by atoms with Crippen LogP contribution in [0.3, 0.4) is 0 Å². The summed E-state index contributed by atoms with van der Waals surface area (Å²) in [5.74, 6) is -0.310. The van der Waals surface area contributed by atoms with E-state index < -0.39 is 16.6 Å². The predicted molar refractivity (Wildman–Crippen MR) is 64.6 cm³/mol. The molecule has 2 N–H and O–H groups in total. The van der Waals surface area contributed by atoms with Crippen LogP contribution in [0.15, 0.2) is 18.2 Å². The zero-order valence-electron chi connectivity index (χ0n) is 10.3. The van der Waals surface area contributed by atoms with Crippen molar-refractivity contribution in [2.24, 2.45) is 0 Å². The monoisotopic (exact) mass is 254 g/mol. The van der Waals surface area contributed by atoms with E-state index in [1.807, 2.05) is 0 Å². The molecule has 0 aromatic heterocycles. The number of carbonyl (C=O) groups is 1. The van der Waals surface area contributed by atoms with Crippen LogP contribution in [0.2, 0.25) is 0 Å². The summed E-state index contributed by atoms with van der Waals surface area (Å²) in [6.07, 6.45) is -0.748. The number of nitrogens with zero attached hydrogens (tertiary/aromatic N) is 1. The predicted octanol–water partition coefficient (Wildman–Crippen LogP) is 2.65. The second-order valence-corrected chi connectivity index (χ2v) is 4.62.